The fourth-order valence-electron chi connectivity index (χ4n) is 2.86. The van der Waals surface area contributed by atoms with Crippen LogP contribution >= 0.6 is 0 Å². The van der Waals surface area contributed by atoms with Crippen molar-refractivity contribution >= 4 is 16.6 Å². The highest BCUT2D eigenvalue weighted by atomic mass is 16.5. The molecule has 0 spiro atoms. The molecular formula is C20H22N2O5. The Morgan fingerprint density at radius 3 is 2.19 bits per heavy atom. The predicted octanol–water partition coefficient (Wildman–Crippen LogP) is 3.17. The van der Waals surface area contributed by atoms with Gasteiger partial charge in [0.05, 0.1) is 34.0 Å². The summed E-state index contributed by atoms with van der Waals surface area (Å²) in [7, 11) is 6.26. The molecule has 0 bridgehead atoms. The maximum atomic E-state index is 12.4. The third-order valence-corrected chi connectivity index (χ3v) is 4.28. The Hall–Kier alpha value is -3.35. The van der Waals surface area contributed by atoms with Gasteiger partial charge in [0.1, 0.15) is 5.75 Å². The van der Waals surface area contributed by atoms with Crippen molar-refractivity contribution in [3.8, 4) is 23.0 Å². The summed E-state index contributed by atoms with van der Waals surface area (Å²) in [5.74, 6) is 2.29. The molecule has 0 radical (unpaired) electrons. The third kappa shape index (κ3) is 3.76. The topological polar surface area (TPSA) is 81.8 Å². The van der Waals surface area contributed by atoms with Crippen molar-refractivity contribution in [1.82, 2.24) is 4.98 Å². The Labute approximate surface area is 156 Å². The van der Waals surface area contributed by atoms with E-state index in [9.17, 15) is 4.79 Å². The molecule has 0 saturated heterocycles. The van der Waals surface area contributed by atoms with Gasteiger partial charge in [-0.2, -0.15) is 0 Å². The zero-order valence-corrected chi connectivity index (χ0v) is 15.7. The van der Waals surface area contributed by atoms with Crippen LogP contribution in [0, 0.1) is 0 Å². The van der Waals surface area contributed by atoms with Crippen LogP contribution < -0.4 is 29.8 Å². The fourth-order valence-corrected chi connectivity index (χ4v) is 2.86. The molecule has 3 aromatic rings. The van der Waals surface area contributed by atoms with Crippen molar-refractivity contribution in [3.63, 3.8) is 0 Å². The van der Waals surface area contributed by atoms with Crippen molar-refractivity contribution < 1.29 is 18.9 Å². The van der Waals surface area contributed by atoms with Gasteiger partial charge in [-0.15, -0.1) is 0 Å². The monoisotopic (exact) mass is 370 g/mol. The summed E-state index contributed by atoms with van der Waals surface area (Å²) in [4.78, 5) is 15.3. The van der Waals surface area contributed by atoms with Crippen LogP contribution in [0.15, 0.2) is 41.2 Å². The van der Waals surface area contributed by atoms with E-state index in [1.807, 2.05) is 18.2 Å². The first-order valence-electron chi connectivity index (χ1n) is 8.33. The van der Waals surface area contributed by atoms with Crippen LogP contribution in [0.1, 0.15) is 5.56 Å². The molecule has 0 aliphatic carbocycles. The van der Waals surface area contributed by atoms with Crippen molar-refractivity contribution in [2.24, 2.45) is 0 Å². The van der Waals surface area contributed by atoms with E-state index >= 15 is 0 Å². The van der Waals surface area contributed by atoms with Gasteiger partial charge in [0.2, 0.25) is 5.75 Å². The average molecular weight is 370 g/mol. The maximum Gasteiger partial charge on any atom is 0.253 e. The third-order valence-electron chi connectivity index (χ3n) is 4.28. The summed E-state index contributed by atoms with van der Waals surface area (Å²) in [6.07, 6.45) is 0. The molecule has 142 valence electrons. The molecule has 0 atom stereocenters. The van der Waals surface area contributed by atoms with Gasteiger partial charge in [0.15, 0.2) is 11.5 Å². The zero-order chi connectivity index (χ0) is 19.4. The molecule has 1 aromatic heterocycles. The van der Waals surface area contributed by atoms with E-state index in [1.165, 1.54) is 0 Å². The first kappa shape index (κ1) is 18.4. The van der Waals surface area contributed by atoms with Crippen LogP contribution in [0.25, 0.3) is 10.9 Å². The second-order valence-electron chi connectivity index (χ2n) is 5.84. The Balaban J connectivity index is 1.88. The number of ether oxygens (including phenoxy) is 4. The summed E-state index contributed by atoms with van der Waals surface area (Å²) in [5, 5.41) is 4.16. The van der Waals surface area contributed by atoms with Crippen LogP contribution in [0.3, 0.4) is 0 Å². The summed E-state index contributed by atoms with van der Waals surface area (Å²) < 4.78 is 21.2. The highest BCUT2D eigenvalue weighted by Gasteiger charge is 2.13. The molecule has 1 heterocycles. The number of hydrogen-bond acceptors (Lipinski definition) is 6. The number of benzene rings is 2. The van der Waals surface area contributed by atoms with Gasteiger partial charge < -0.3 is 29.2 Å². The van der Waals surface area contributed by atoms with Crippen molar-refractivity contribution in [3.05, 3.63) is 52.3 Å². The Bertz CT molecular complexity index is 988. The lowest BCUT2D eigenvalue weighted by atomic mass is 10.1. The molecule has 7 nitrogen and oxygen atoms in total. The van der Waals surface area contributed by atoms with Gasteiger partial charge in [-0.05, 0) is 23.6 Å². The second-order valence-corrected chi connectivity index (χ2v) is 5.84. The van der Waals surface area contributed by atoms with E-state index in [-0.39, 0.29) is 5.56 Å². The number of anilines is 1. The molecule has 0 unspecified atom stereocenters. The molecule has 0 saturated carbocycles. The number of fused-ring (bicyclic) bond motifs is 1. The average Bonchev–Trinajstić information content (AvgIpc) is 2.70. The van der Waals surface area contributed by atoms with E-state index in [0.717, 1.165) is 16.6 Å². The quantitative estimate of drug-likeness (QED) is 0.665. The van der Waals surface area contributed by atoms with Crippen molar-refractivity contribution in [2.45, 2.75) is 6.54 Å². The Kier molecular flexibility index (Phi) is 5.40. The smallest absolute Gasteiger partial charge is 0.253 e. The maximum absolute atomic E-state index is 12.4. The highest BCUT2D eigenvalue weighted by molar-refractivity contribution is 5.80. The molecule has 2 N–H and O–H groups in total. The molecular weight excluding hydrogens is 348 g/mol. The molecule has 7 heteroatoms. The molecule has 0 amide bonds. The molecule has 3 rings (SSSR count). The van der Waals surface area contributed by atoms with E-state index in [2.05, 4.69) is 10.3 Å². The van der Waals surface area contributed by atoms with Crippen molar-refractivity contribution in [1.29, 1.82) is 0 Å². The van der Waals surface area contributed by atoms with E-state index in [4.69, 9.17) is 18.9 Å². The number of H-pyrrole nitrogens is 1. The minimum Gasteiger partial charge on any atom is -0.497 e. The van der Waals surface area contributed by atoms with Crippen LogP contribution in [0.4, 0.5) is 5.69 Å². The van der Waals surface area contributed by atoms with E-state index in [1.54, 1.807) is 46.6 Å². The van der Waals surface area contributed by atoms with Gasteiger partial charge in [0, 0.05) is 36.0 Å². The summed E-state index contributed by atoms with van der Waals surface area (Å²) >= 11 is 0. The highest BCUT2D eigenvalue weighted by Crippen LogP contribution is 2.40. The lowest BCUT2D eigenvalue weighted by Crippen LogP contribution is -2.15. The molecule has 27 heavy (non-hydrogen) atoms. The van der Waals surface area contributed by atoms with Crippen molar-refractivity contribution in [2.75, 3.05) is 33.8 Å². The molecule has 0 aliphatic heterocycles. The first-order valence-corrected chi connectivity index (χ1v) is 8.33. The summed E-state index contributed by atoms with van der Waals surface area (Å²) in [6.45, 7) is 0.343. The van der Waals surface area contributed by atoms with Gasteiger partial charge in [-0.25, -0.2) is 0 Å². The van der Waals surface area contributed by atoms with Crippen LogP contribution in [0.2, 0.25) is 0 Å². The summed E-state index contributed by atoms with van der Waals surface area (Å²) in [5.41, 5.74) is 1.94. The van der Waals surface area contributed by atoms with E-state index in [0.29, 0.717) is 35.1 Å². The number of aromatic nitrogens is 1. The minimum atomic E-state index is -0.157. The number of methoxy groups -OCH3 is 4. The summed E-state index contributed by atoms with van der Waals surface area (Å²) in [6, 6.07) is 11.0. The molecule has 0 aliphatic rings. The minimum absolute atomic E-state index is 0.157. The number of rotatable bonds is 7. The number of pyridine rings is 1. The SMILES string of the molecule is COc1ccc2cc(CNc3cc(OC)c(OC)c(OC)c3)c(=O)[nH]c2c1. The largest absolute Gasteiger partial charge is 0.497 e. The van der Waals surface area contributed by atoms with Crippen LogP contribution in [-0.4, -0.2) is 33.4 Å². The number of hydrogen-bond donors (Lipinski definition) is 2. The number of aromatic amines is 1. The van der Waals surface area contributed by atoms with Gasteiger partial charge in [0.25, 0.3) is 5.56 Å². The second kappa shape index (κ2) is 7.90. The standard InChI is InChI=1S/C20H22N2O5/c1-24-15-6-5-12-7-13(20(23)22-16(12)10-15)11-21-14-8-17(25-2)19(27-4)18(9-14)26-3/h5-10,21H,11H2,1-4H3,(H,22,23). The van der Waals surface area contributed by atoms with Gasteiger partial charge in [-0.1, -0.05) is 0 Å². The Morgan fingerprint density at radius 2 is 1.59 bits per heavy atom. The normalized spacial score (nSPS) is 10.5. The van der Waals surface area contributed by atoms with Gasteiger partial charge >= 0.3 is 0 Å². The lowest BCUT2D eigenvalue weighted by molar-refractivity contribution is 0.324. The number of nitrogens with one attached hydrogen (secondary N) is 2. The first-order chi connectivity index (χ1) is 13.1. The fraction of sp³-hybridized carbons (Fsp3) is 0.250. The molecule has 0 fully saturated rings. The Morgan fingerprint density at radius 1 is 0.889 bits per heavy atom. The predicted molar refractivity (Wildman–Crippen MR) is 105 cm³/mol. The molecule has 2 aromatic carbocycles. The van der Waals surface area contributed by atoms with Crippen LogP contribution in [-0.2, 0) is 6.54 Å². The van der Waals surface area contributed by atoms with Gasteiger partial charge in [-0.3, -0.25) is 4.79 Å². The van der Waals surface area contributed by atoms with E-state index < -0.39 is 0 Å². The zero-order valence-electron chi connectivity index (χ0n) is 15.7. The van der Waals surface area contributed by atoms with Crippen LogP contribution in [0.5, 0.6) is 23.0 Å². The lowest BCUT2D eigenvalue weighted by Gasteiger charge is -2.15.